The van der Waals surface area contributed by atoms with Gasteiger partial charge in [0.05, 0.1) is 12.7 Å². The molecule has 4 heteroatoms. The summed E-state index contributed by atoms with van der Waals surface area (Å²) in [5, 5.41) is 0. The Labute approximate surface area is 98.7 Å². The molecule has 0 amide bonds. The Morgan fingerprint density at radius 3 is 2.40 bits per heavy atom. The van der Waals surface area contributed by atoms with Crippen molar-refractivity contribution >= 4 is 27.6 Å². The zero-order valence-corrected chi connectivity index (χ0v) is 11.0. The van der Waals surface area contributed by atoms with Gasteiger partial charge in [-0.05, 0) is 40.5 Å². The molecule has 1 rings (SSSR count). The summed E-state index contributed by atoms with van der Waals surface area (Å²) < 4.78 is 5.36. The van der Waals surface area contributed by atoms with Crippen molar-refractivity contribution in [1.29, 1.82) is 0 Å². The molecule has 0 saturated carbocycles. The molecule has 0 bridgehead atoms. The number of rotatable bonds is 1. The normalized spacial score (nSPS) is 8.87. The Bertz CT molecular complexity index is 351. The molecule has 1 aromatic carbocycles. The van der Waals surface area contributed by atoms with Crippen LogP contribution in [0.4, 0.5) is 5.69 Å². The van der Waals surface area contributed by atoms with Gasteiger partial charge in [0.1, 0.15) is 0 Å². The molecule has 3 nitrogen and oxygen atoms in total. The van der Waals surface area contributed by atoms with Gasteiger partial charge in [0.2, 0.25) is 0 Å². The molecule has 0 atom stereocenters. The summed E-state index contributed by atoms with van der Waals surface area (Å²) in [7, 11) is 1.35. The van der Waals surface area contributed by atoms with E-state index in [1.165, 1.54) is 7.11 Å². The van der Waals surface area contributed by atoms with Crippen LogP contribution in [0.3, 0.4) is 0 Å². The number of methoxy groups -OCH3 is 1. The van der Waals surface area contributed by atoms with Crippen LogP contribution in [0.2, 0.25) is 0 Å². The molecule has 0 aliphatic carbocycles. The molecule has 0 heterocycles. The highest BCUT2D eigenvalue weighted by Gasteiger charge is 2.12. The van der Waals surface area contributed by atoms with E-state index in [2.05, 4.69) is 20.7 Å². The molecular formula is C11H16BrNO2. The fraction of sp³-hybridized carbons (Fsp3) is 0.364. The summed E-state index contributed by atoms with van der Waals surface area (Å²) >= 11 is 3.29. The highest BCUT2D eigenvalue weighted by atomic mass is 79.9. The SMILES string of the molecule is CC.COC(=O)c1ccc(N)c(Br)c1C. The number of ether oxygens (including phenoxy) is 1. The van der Waals surface area contributed by atoms with Crippen LogP contribution in [0.15, 0.2) is 16.6 Å². The summed E-state index contributed by atoms with van der Waals surface area (Å²) in [6, 6.07) is 3.32. The first-order chi connectivity index (χ1) is 7.07. The first-order valence-corrected chi connectivity index (χ1v) is 5.50. The predicted octanol–water partition coefficient (Wildman–Crippen LogP) is 3.15. The molecule has 84 valence electrons. The van der Waals surface area contributed by atoms with Gasteiger partial charge in [-0.3, -0.25) is 0 Å². The van der Waals surface area contributed by atoms with E-state index in [1.54, 1.807) is 12.1 Å². The maximum absolute atomic E-state index is 11.2. The van der Waals surface area contributed by atoms with E-state index in [4.69, 9.17) is 5.73 Å². The lowest BCUT2D eigenvalue weighted by Crippen LogP contribution is -2.05. The zero-order valence-electron chi connectivity index (χ0n) is 9.43. The van der Waals surface area contributed by atoms with Crippen LogP contribution in [0, 0.1) is 6.92 Å². The number of anilines is 1. The van der Waals surface area contributed by atoms with Crippen LogP contribution in [0.5, 0.6) is 0 Å². The van der Waals surface area contributed by atoms with E-state index in [0.717, 1.165) is 10.0 Å². The predicted molar refractivity (Wildman–Crippen MR) is 66.0 cm³/mol. The standard InChI is InChI=1S/C9H10BrNO2.C2H6/c1-5-6(9(12)13-2)3-4-7(11)8(5)10;1-2/h3-4H,11H2,1-2H3;1-2H3. The first kappa shape index (κ1) is 14.0. The minimum absolute atomic E-state index is 0.349. The van der Waals surface area contributed by atoms with E-state index >= 15 is 0 Å². The number of nitrogens with two attached hydrogens (primary N) is 1. The quantitative estimate of drug-likeness (QED) is 0.632. The number of hydrogen-bond donors (Lipinski definition) is 1. The van der Waals surface area contributed by atoms with Gasteiger partial charge in [0, 0.05) is 10.2 Å². The number of carbonyl (C=O) groups is 1. The summed E-state index contributed by atoms with van der Waals surface area (Å²) in [6.45, 7) is 5.81. The molecular weight excluding hydrogens is 258 g/mol. The van der Waals surface area contributed by atoms with Gasteiger partial charge in [-0.2, -0.15) is 0 Å². The minimum atomic E-state index is -0.349. The molecule has 0 spiro atoms. The third-order valence-corrected chi connectivity index (χ3v) is 2.87. The maximum Gasteiger partial charge on any atom is 0.338 e. The van der Waals surface area contributed by atoms with Crippen molar-refractivity contribution in [3.8, 4) is 0 Å². The molecule has 0 fully saturated rings. The van der Waals surface area contributed by atoms with Gasteiger partial charge in [0.15, 0.2) is 0 Å². The summed E-state index contributed by atoms with van der Waals surface area (Å²) in [6.07, 6.45) is 0. The molecule has 0 aliphatic rings. The van der Waals surface area contributed by atoms with Crippen molar-refractivity contribution in [3.05, 3.63) is 27.7 Å². The van der Waals surface area contributed by atoms with Crippen LogP contribution in [-0.4, -0.2) is 13.1 Å². The summed E-state index contributed by atoms with van der Waals surface area (Å²) in [4.78, 5) is 11.2. The number of halogens is 1. The Hall–Kier alpha value is -1.03. The van der Waals surface area contributed by atoms with Crippen LogP contribution in [0.25, 0.3) is 0 Å². The number of benzene rings is 1. The highest BCUT2D eigenvalue weighted by Crippen LogP contribution is 2.26. The third kappa shape index (κ3) is 3.23. The Morgan fingerprint density at radius 1 is 1.40 bits per heavy atom. The second-order valence-electron chi connectivity index (χ2n) is 2.63. The average molecular weight is 274 g/mol. The van der Waals surface area contributed by atoms with Gasteiger partial charge in [-0.15, -0.1) is 0 Å². The van der Waals surface area contributed by atoms with Gasteiger partial charge in [-0.1, -0.05) is 13.8 Å². The second kappa shape index (κ2) is 6.45. The lowest BCUT2D eigenvalue weighted by molar-refractivity contribution is 0.0600. The molecule has 2 N–H and O–H groups in total. The van der Waals surface area contributed by atoms with Crippen molar-refractivity contribution in [2.75, 3.05) is 12.8 Å². The van der Waals surface area contributed by atoms with Crippen molar-refractivity contribution in [3.63, 3.8) is 0 Å². The van der Waals surface area contributed by atoms with Gasteiger partial charge >= 0.3 is 5.97 Å². The van der Waals surface area contributed by atoms with Gasteiger partial charge in [-0.25, -0.2) is 4.79 Å². The third-order valence-electron chi connectivity index (χ3n) is 1.82. The van der Waals surface area contributed by atoms with E-state index in [0.29, 0.717) is 11.3 Å². The Kier molecular flexibility index (Phi) is 6.01. The first-order valence-electron chi connectivity index (χ1n) is 4.70. The monoisotopic (exact) mass is 273 g/mol. The Morgan fingerprint density at radius 2 is 1.93 bits per heavy atom. The van der Waals surface area contributed by atoms with E-state index in [9.17, 15) is 4.79 Å². The van der Waals surface area contributed by atoms with Crippen molar-refractivity contribution in [2.24, 2.45) is 0 Å². The van der Waals surface area contributed by atoms with Crippen LogP contribution < -0.4 is 5.73 Å². The van der Waals surface area contributed by atoms with E-state index < -0.39 is 0 Å². The molecule has 0 saturated heterocycles. The fourth-order valence-corrected chi connectivity index (χ4v) is 1.38. The summed E-state index contributed by atoms with van der Waals surface area (Å²) in [5.74, 6) is -0.349. The molecule has 1 aromatic rings. The van der Waals surface area contributed by atoms with Crippen molar-refractivity contribution < 1.29 is 9.53 Å². The van der Waals surface area contributed by atoms with Gasteiger partial charge < -0.3 is 10.5 Å². The number of nitrogen functional groups attached to an aromatic ring is 1. The minimum Gasteiger partial charge on any atom is -0.465 e. The van der Waals surface area contributed by atoms with E-state index in [1.807, 2.05) is 20.8 Å². The smallest absolute Gasteiger partial charge is 0.338 e. The average Bonchev–Trinajstić information content (AvgIpc) is 2.28. The van der Waals surface area contributed by atoms with Crippen molar-refractivity contribution in [2.45, 2.75) is 20.8 Å². The van der Waals surface area contributed by atoms with Gasteiger partial charge in [0.25, 0.3) is 0 Å². The lowest BCUT2D eigenvalue weighted by atomic mass is 10.1. The maximum atomic E-state index is 11.2. The Balaban J connectivity index is 0.000000921. The molecule has 15 heavy (non-hydrogen) atoms. The van der Waals surface area contributed by atoms with Crippen LogP contribution in [0.1, 0.15) is 29.8 Å². The highest BCUT2D eigenvalue weighted by molar-refractivity contribution is 9.10. The van der Waals surface area contributed by atoms with Crippen LogP contribution in [-0.2, 0) is 4.74 Å². The lowest BCUT2D eigenvalue weighted by Gasteiger charge is -2.07. The number of esters is 1. The number of carbonyl (C=O) groups excluding carboxylic acids is 1. The number of hydrogen-bond acceptors (Lipinski definition) is 3. The fourth-order valence-electron chi connectivity index (χ4n) is 1.04. The zero-order chi connectivity index (χ0) is 12.0. The summed E-state index contributed by atoms with van der Waals surface area (Å²) in [5.41, 5.74) is 7.58. The van der Waals surface area contributed by atoms with E-state index in [-0.39, 0.29) is 5.97 Å². The molecule has 0 aromatic heterocycles. The molecule has 0 aliphatic heterocycles. The molecule has 0 unspecified atom stereocenters. The topological polar surface area (TPSA) is 52.3 Å². The molecule has 0 radical (unpaired) electrons. The largest absolute Gasteiger partial charge is 0.465 e. The van der Waals surface area contributed by atoms with Crippen molar-refractivity contribution in [1.82, 2.24) is 0 Å². The second-order valence-corrected chi connectivity index (χ2v) is 3.43. The van der Waals surface area contributed by atoms with Crippen LogP contribution >= 0.6 is 15.9 Å².